The molecule has 0 fully saturated rings. The van der Waals surface area contributed by atoms with Crippen LogP contribution < -0.4 is 16.3 Å². The van der Waals surface area contributed by atoms with Crippen molar-refractivity contribution in [2.24, 2.45) is 5.92 Å². The number of nitrogens with one attached hydrogen (secondary N) is 2. The summed E-state index contributed by atoms with van der Waals surface area (Å²) in [5, 5.41) is 15.6. The number of aryl methyl sites for hydroxylation is 3. The molecule has 4 aromatic rings. The van der Waals surface area contributed by atoms with E-state index in [1.165, 1.54) is 0 Å². The summed E-state index contributed by atoms with van der Waals surface area (Å²) >= 11 is 0. The van der Waals surface area contributed by atoms with E-state index in [1.807, 2.05) is 50.2 Å². The number of carbonyl (C=O) groups is 3. The fourth-order valence-corrected chi connectivity index (χ4v) is 4.68. The third-order valence-corrected chi connectivity index (χ3v) is 6.73. The van der Waals surface area contributed by atoms with Crippen molar-refractivity contribution in [2.45, 2.75) is 47.1 Å². The fourth-order valence-electron chi connectivity index (χ4n) is 4.68. The molecule has 0 saturated carbocycles. The molecule has 2 heterocycles. The zero-order valence-electron chi connectivity index (χ0n) is 21.9. The van der Waals surface area contributed by atoms with E-state index in [9.17, 15) is 24.3 Å². The maximum absolute atomic E-state index is 12.9. The van der Waals surface area contributed by atoms with Crippen LogP contribution in [0, 0.1) is 26.7 Å². The molecule has 0 spiro atoms. The van der Waals surface area contributed by atoms with Gasteiger partial charge in [-0.3, -0.25) is 9.59 Å². The molecule has 4 rings (SSSR count). The van der Waals surface area contributed by atoms with Crippen molar-refractivity contribution < 1.29 is 28.3 Å². The Labute approximate surface area is 218 Å². The lowest BCUT2D eigenvalue weighted by Gasteiger charge is -2.18. The predicted octanol–water partition coefficient (Wildman–Crippen LogP) is 4.02. The van der Waals surface area contributed by atoms with Gasteiger partial charge in [0.1, 0.15) is 23.0 Å². The van der Waals surface area contributed by atoms with Crippen LogP contribution in [-0.4, -0.2) is 35.5 Å². The van der Waals surface area contributed by atoms with Crippen molar-refractivity contribution in [3.05, 3.63) is 69.3 Å². The first kappa shape index (κ1) is 26.7. The average Bonchev–Trinajstić information content (AvgIpc) is 3.21. The van der Waals surface area contributed by atoms with Gasteiger partial charge in [-0.2, -0.15) is 0 Å². The number of carbonyl (C=O) groups excluding carboxylic acids is 2. The van der Waals surface area contributed by atoms with Gasteiger partial charge in [0.15, 0.2) is 0 Å². The summed E-state index contributed by atoms with van der Waals surface area (Å²) in [5.74, 6) is -1.94. The third kappa shape index (κ3) is 5.04. The van der Waals surface area contributed by atoms with Crippen molar-refractivity contribution in [3.8, 4) is 11.1 Å². The van der Waals surface area contributed by atoms with Gasteiger partial charge in [-0.05, 0) is 43.9 Å². The van der Waals surface area contributed by atoms with Crippen LogP contribution in [0.4, 0.5) is 0 Å². The van der Waals surface area contributed by atoms with Crippen LogP contribution in [0.25, 0.3) is 33.1 Å². The van der Waals surface area contributed by atoms with Crippen molar-refractivity contribution in [1.29, 1.82) is 0 Å². The van der Waals surface area contributed by atoms with Gasteiger partial charge in [0.05, 0.1) is 18.5 Å². The minimum atomic E-state index is -1.16. The molecule has 9 nitrogen and oxygen atoms in total. The Morgan fingerprint density at radius 2 is 1.58 bits per heavy atom. The molecular formula is C29H30N2O7. The van der Waals surface area contributed by atoms with Crippen LogP contribution in [0.15, 0.2) is 50.0 Å². The minimum absolute atomic E-state index is 0.182. The lowest BCUT2D eigenvalue weighted by molar-refractivity contribution is -0.143. The van der Waals surface area contributed by atoms with E-state index in [4.69, 9.17) is 8.83 Å². The number of amides is 2. The first-order valence-electron chi connectivity index (χ1n) is 12.3. The number of rotatable bonds is 8. The summed E-state index contributed by atoms with van der Waals surface area (Å²) in [7, 11) is 0. The molecule has 2 aromatic heterocycles. The smallest absolute Gasteiger partial charge is 0.340 e. The van der Waals surface area contributed by atoms with Crippen LogP contribution in [0.1, 0.15) is 36.3 Å². The molecule has 0 aliphatic heterocycles. The second-order valence-corrected chi connectivity index (χ2v) is 9.73. The maximum atomic E-state index is 12.9. The van der Waals surface area contributed by atoms with Gasteiger partial charge in [0.25, 0.3) is 0 Å². The van der Waals surface area contributed by atoms with Crippen molar-refractivity contribution in [3.63, 3.8) is 0 Å². The molecule has 0 bridgehead atoms. The Kier molecular flexibility index (Phi) is 7.39. The first-order chi connectivity index (χ1) is 18.0. The zero-order valence-corrected chi connectivity index (χ0v) is 21.9. The van der Waals surface area contributed by atoms with Crippen LogP contribution in [0.3, 0.4) is 0 Å². The highest BCUT2D eigenvalue weighted by Gasteiger charge is 2.24. The first-order valence-corrected chi connectivity index (χ1v) is 12.3. The number of furan rings is 1. The Bertz CT molecular complexity index is 1610. The predicted molar refractivity (Wildman–Crippen MR) is 143 cm³/mol. The third-order valence-electron chi connectivity index (χ3n) is 6.73. The molecular weight excluding hydrogens is 488 g/mol. The topological polar surface area (TPSA) is 139 Å². The largest absolute Gasteiger partial charge is 0.480 e. The Hall–Kier alpha value is -4.40. The van der Waals surface area contributed by atoms with Crippen molar-refractivity contribution >= 4 is 39.7 Å². The molecule has 0 unspecified atom stereocenters. The van der Waals surface area contributed by atoms with E-state index >= 15 is 0 Å². The van der Waals surface area contributed by atoms with Crippen molar-refractivity contribution in [2.75, 3.05) is 6.54 Å². The van der Waals surface area contributed by atoms with Crippen LogP contribution in [0.2, 0.25) is 0 Å². The number of fused-ring (bicyclic) bond motifs is 2. The molecule has 0 aliphatic carbocycles. The van der Waals surface area contributed by atoms with Crippen LogP contribution in [0.5, 0.6) is 0 Å². The highest BCUT2D eigenvalue weighted by atomic mass is 16.4. The summed E-state index contributed by atoms with van der Waals surface area (Å²) in [5.41, 5.74) is 3.80. The summed E-state index contributed by atoms with van der Waals surface area (Å²) < 4.78 is 11.7. The molecule has 0 radical (unpaired) electrons. The van der Waals surface area contributed by atoms with E-state index < -0.39 is 36.0 Å². The van der Waals surface area contributed by atoms with E-state index in [0.29, 0.717) is 27.7 Å². The molecule has 2 amide bonds. The van der Waals surface area contributed by atoms with Gasteiger partial charge < -0.3 is 24.6 Å². The molecule has 198 valence electrons. The summed E-state index contributed by atoms with van der Waals surface area (Å²) in [6, 6.07) is 10.7. The van der Waals surface area contributed by atoms with Crippen LogP contribution >= 0.6 is 0 Å². The van der Waals surface area contributed by atoms with E-state index in [1.54, 1.807) is 20.8 Å². The normalized spacial score (nSPS) is 12.2. The standard InChI is InChI=1S/C29H30N2O7/c1-14(2)25(28(34)35)31-23(33)13-30-22(32)12-20-15(3)19-11-21-24(18-9-7-6-8-10-18)17(5)37-27(21)16(4)26(19)38-29(20)36/h6-11,14,25H,12-13H2,1-5H3,(H,30,32)(H,31,33)(H,34,35)/t25-/m0/s1. The highest BCUT2D eigenvalue weighted by molar-refractivity contribution is 6.06. The molecule has 1 atom stereocenters. The second kappa shape index (κ2) is 10.5. The number of hydrogen-bond donors (Lipinski definition) is 3. The number of aliphatic carboxylic acids is 1. The quantitative estimate of drug-likeness (QED) is 0.300. The second-order valence-electron chi connectivity index (χ2n) is 9.73. The molecule has 2 aromatic carbocycles. The molecule has 9 heteroatoms. The van der Waals surface area contributed by atoms with Crippen molar-refractivity contribution in [1.82, 2.24) is 10.6 Å². The number of carboxylic acid groups (broad SMARTS) is 1. The lowest BCUT2D eigenvalue weighted by atomic mass is 9.96. The van der Waals surface area contributed by atoms with Gasteiger partial charge in [-0.25, -0.2) is 9.59 Å². The zero-order chi connectivity index (χ0) is 27.7. The van der Waals surface area contributed by atoms with E-state index in [2.05, 4.69) is 10.6 Å². The molecule has 38 heavy (non-hydrogen) atoms. The highest BCUT2D eigenvalue weighted by Crippen LogP contribution is 2.39. The minimum Gasteiger partial charge on any atom is -0.480 e. The fraction of sp³-hybridized carbons (Fsp3) is 0.310. The molecule has 0 aliphatic rings. The molecule has 0 saturated heterocycles. The summed E-state index contributed by atoms with van der Waals surface area (Å²) in [4.78, 5) is 49.0. The molecule has 3 N–H and O–H groups in total. The van der Waals surface area contributed by atoms with Gasteiger partial charge in [-0.15, -0.1) is 0 Å². The Morgan fingerprint density at radius 3 is 2.21 bits per heavy atom. The van der Waals surface area contributed by atoms with Gasteiger partial charge >= 0.3 is 11.6 Å². The van der Waals surface area contributed by atoms with E-state index in [0.717, 1.165) is 22.3 Å². The Balaban J connectivity index is 1.64. The maximum Gasteiger partial charge on any atom is 0.340 e. The van der Waals surface area contributed by atoms with Gasteiger partial charge in [0.2, 0.25) is 11.8 Å². The average molecular weight is 519 g/mol. The SMILES string of the molecule is Cc1oc2c(C)c3oc(=O)c(CC(=O)NCC(=O)N[C@H](C(=O)O)C(C)C)c(C)c3cc2c1-c1ccccc1. The Morgan fingerprint density at radius 1 is 0.921 bits per heavy atom. The summed E-state index contributed by atoms with van der Waals surface area (Å²) in [6.45, 7) is 8.40. The monoisotopic (exact) mass is 518 g/mol. The number of benzene rings is 2. The van der Waals surface area contributed by atoms with Gasteiger partial charge in [-0.1, -0.05) is 44.2 Å². The number of hydrogen-bond acceptors (Lipinski definition) is 6. The lowest BCUT2D eigenvalue weighted by Crippen LogP contribution is -2.48. The van der Waals surface area contributed by atoms with E-state index in [-0.39, 0.29) is 17.9 Å². The number of carboxylic acids is 1. The van der Waals surface area contributed by atoms with Gasteiger partial charge in [0, 0.05) is 21.9 Å². The summed E-state index contributed by atoms with van der Waals surface area (Å²) in [6.07, 6.45) is -0.295. The van der Waals surface area contributed by atoms with Crippen LogP contribution in [-0.2, 0) is 20.8 Å².